The molecule has 7 heteroatoms. The van der Waals surface area contributed by atoms with Crippen LogP contribution in [0.15, 0.2) is 26.0 Å². The second-order valence-corrected chi connectivity index (χ2v) is 7.78. The molecule has 1 aromatic carbocycles. The van der Waals surface area contributed by atoms with Gasteiger partial charge in [-0.3, -0.25) is 0 Å². The topological polar surface area (TPSA) is 72.2 Å². The van der Waals surface area contributed by atoms with E-state index >= 15 is 0 Å². The molecular weight excluding hydrogens is 384 g/mol. The van der Waals surface area contributed by atoms with Crippen LogP contribution in [0.4, 0.5) is 5.69 Å². The number of nitrogens with two attached hydrogens (primary N) is 1. The molecule has 0 heterocycles. The molecule has 0 unspecified atom stereocenters. The summed E-state index contributed by atoms with van der Waals surface area (Å²) in [5, 5.41) is 0. The summed E-state index contributed by atoms with van der Waals surface area (Å²) < 4.78 is 28.3. The van der Waals surface area contributed by atoms with Gasteiger partial charge in [0, 0.05) is 20.7 Å². The van der Waals surface area contributed by atoms with Crippen molar-refractivity contribution in [1.82, 2.24) is 4.72 Å². The number of halogens is 2. The summed E-state index contributed by atoms with van der Waals surface area (Å²) in [6, 6.07) is 3.23. The van der Waals surface area contributed by atoms with Crippen molar-refractivity contribution in [2.24, 2.45) is 0 Å². The fourth-order valence-electron chi connectivity index (χ4n) is 2.16. The van der Waals surface area contributed by atoms with Gasteiger partial charge in [-0.1, -0.05) is 12.8 Å². The van der Waals surface area contributed by atoms with Gasteiger partial charge in [0.15, 0.2) is 0 Å². The van der Waals surface area contributed by atoms with E-state index in [1.165, 1.54) is 0 Å². The van der Waals surface area contributed by atoms with Crippen LogP contribution in [-0.4, -0.2) is 14.5 Å². The van der Waals surface area contributed by atoms with E-state index in [2.05, 4.69) is 36.6 Å². The number of hydrogen-bond acceptors (Lipinski definition) is 3. The van der Waals surface area contributed by atoms with Crippen LogP contribution in [0.1, 0.15) is 25.7 Å². The maximum absolute atomic E-state index is 12.3. The highest BCUT2D eigenvalue weighted by Gasteiger charge is 2.26. The average Bonchev–Trinajstić information content (AvgIpc) is 2.66. The van der Waals surface area contributed by atoms with E-state index in [9.17, 15) is 8.42 Å². The van der Waals surface area contributed by atoms with Crippen molar-refractivity contribution in [3.05, 3.63) is 21.1 Å². The normalized spacial score (nSPS) is 17.2. The molecule has 1 aromatic rings. The number of nitrogens with one attached hydrogen (secondary N) is 1. The molecule has 0 atom stereocenters. The van der Waals surface area contributed by atoms with Crippen LogP contribution in [0.25, 0.3) is 0 Å². The highest BCUT2D eigenvalue weighted by Crippen LogP contribution is 2.33. The quantitative estimate of drug-likeness (QED) is 0.770. The highest BCUT2D eigenvalue weighted by molar-refractivity contribution is 9.11. The third-order valence-electron chi connectivity index (χ3n) is 2.97. The molecule has 1 fully saturated rings. The van der Waals surface area contributed by atoms with Crippen molar-refractivity contribution in [3.8, 4) is 0 Å². The zero-order chi connectivity index (χ0) is 13.3. The Morgan fingerprint density at radius 3 is 2.17 bits per heavy atom. The maximum Gasteiger partial charge on any atom is 0.243 e. The van der Waals surface area contributed by atoms with Gasteiger partial charge in [0.2, 0.25) is 10.0 Å². The van der Waals surface area contributed by atoms with E-state index < -0.39 is 10.0 Å². The van der Waals surface area contributed by atoms with Crippen LogP contribution >= 0.6 is 31.9 Å². The first-order valence-corrected chi connectivity index (χ1v) is 8.74. The minimum absolute atomic E-state index is 0.0475. The van der Waals surface area contributed by atoms with Gasteiger partial charge in [0.1, 0.15) is 4.90 Å². The molecule has 0 spiro atoms. The number of hydrogen-bond donors (Lipinski definition) is 2. The van der Waals surface area contributed by atoms with Crippen LogP contribution in [0.3, 0.4) is 0 Å². The van der Waals surface area contributed by atoms with Crippen LogP contribution < -0.4 is 10.5 Å². The van der Waals surface area contributed by atoms with E-state index in [1.54, 1.807) is 12.1 Å². The largest absolute Gasteiger partial charge is 0.399 e. The molecule has 18 heavy (non-hydrogen) atoms. The molecule has 1 saturated carbocycles. The molecule has 0 radical (unpaired) electrons. The molecule has 0 aromatic heterocycles. The second kappa shape index (κ2) is 5.48. The highest BCUT2D eigenvalue weighted by atomic mass is 79.9. The van der Waals surface area contributed by atoms with Crippen molar-refractivity contribution in [1.29, 1.82) is 0 Å². The predicted octanol–water partition coefficient (Wildman–Crippen LogP) is 3.01. The van der Waals surface area contributed by atoms with Crippen molar-refractivity contribution in [3.63, 3.8) is 0 Å². The fourth-order valence-corrected chi connectivity index (χ4v) is 6.08. The SMILES string of the molecule is Nc1cc(Br)c(S(=O)(=O)NC2CCCC2)c(Br)c1. The maximum atomic E-state index is 12.3. The fraction of sp³-hybridized carbons (Fsp3) is 0.455. The van der Waals surface area contributed by atoms with Gasteiger partial charge in [-0.15, -0.1) is 0 Å². The summed E-state index contributed by atoms with van der Waals surface area (Å²) in [6.07, 6.45) is 3.97. The third kappa shape index (κ3) is 3.07. The number of nitrogen functional groups attached to an aromatic ring is 1. The lowest BCUT2D eigenvalue weighted by atomic mass is 10.3. The van der Waals surface area contributed by atoms with Gasteiger partial charge in [0.25, 0.3) is 0 Å². The monoisotopic (exact) mass is 396 g/mol. The van der Waals surface area contributed by atoms with Crippen LogP contribution in [-0.2, 0) is 10.0 Å². The van der Waals surface area contributed by atoms with Gasteiger partial charge < -0.3 is 5.73 Å². The molecule has 0 saturated heterocycles. The van der Waals surface area contributed by atoms with Crippen molar-refractivity contribution < 1.29 is 8.42 Å². The van der Waals surface area contributed by atoms with Gasteiger partial charge in [-0.25, -0.2) is 13.1 Å². The minimum atomic E-state index is -3.52. The molecule has 1 aliphatic carbocycles. The van der Waals surface area contributed by atoms with Crippen LogP contribution in [0.2, 0.25) is 0 Å². The molecule has 0 bridgehead atoms. The Kier molecular flexibility index (Phi) is 4.36. The lowest BCUT2D eigenvalue weighted by Crippen LogP contribution is -2.33. The van der Waals surface area contributed by atoms with Gasteiger partial charge in [-0.05, 0) is 56.8 Å². The molecule has 0 amide bonds. The number of sulfonamides is 1. The molecular formula is C11H14Br2N2O2S. The molecule has 4 nitrogen and oxygen atoms in total. The number of rotatable bonds is 3. The predicted molar refractivity (Wildman–Crippen MR) is 78.8 cm³/mol. The van der Waals surface area contributed by atoms with Crippen molar-refractivity contribution in [2.75, 3.05) is 5.73 Å². The summed E-state index contributed by atoms with van der Waals surface area (Å²) in [5.41, 5.74) is 6.17. The van der Waals surface area contributed by atoms with Crippen LogP contribution in [0, 0.1) is 0 Å². The lowest BCUT2D eigenvalue weighted by Gasteiger charge is -2.15. The molecule has 2 rings (SSSR count). The minimum Gasteiger partial charge on any atom is -0.399 e. The summed E-state index contributed by atoms with van der Waals surface area (Å²) in [4.78, 5) is 0.212. The lowest BCUT2D eigenvalue weighted by molar-refractivity contribution is 0.551. The zero-order valence-electron chi connectivity index (χ0n) is 9.62. The van der Waals surface area contributed by atoms with Crippen molar-refractivity contribution >= 4 is 47.6 Å². The standard InChI is InChI=1S/C11H14Br2N2O2S/c12-9-5-7(14)6-10(13)11(9)18(16,17)15-8-3-1-2-4-8/h5-6,8,15H,1-4,14H2. The first-order valence-electron chi connectivity index (χ1n) is 5.67. The number of anilines is 1. The van der Waals surface area contributed by atoms with Gasteiger partial charge in [0.05, 0.1) is 0 Å². The van der Waals surface area contributed by atoms with E-state index in [-0.39, 0.29) is 10.9 Å². The smallest absolute Gasteiger partial charge is 0.243 e. The van der Waals surface area contributed by atoms with Gasteiger partial charge >= 0.3 is 0 Å². The summed E-state index contributed by atoms with van der Waals surface area (Å²) in [6.45, 7) is 0. The van der Waals surface area contributed by atoms with E-state index in [0.29, 0.717) is 14.6 Å². The first-order chi connectivity index (χ1) is 8.40. The third-order valence-corrected chi connectivity index (χ3v) is 6.36. The Morgan fingerprint density at radius 2 is 1.67 bits per heavy atom. The van der Waals surface area contributed by atoms with E-state index in [1.807, 2.05) is 0 Å². The summed E-state index contributed by atoms with van der Waals surface area (Å²) in [7, 11) is -3.52. The Bertz CT molecular complexity index is 531. The Balaban J connectivity index is 2.34. The zero-order valence-corrected chi connectivity index (χ0v) is 13.6. The Morgan fingerprint density at radius 1 is 1.17 bits per heavy atom. The summed E-state index contributed by atoms with van der Waals surface area (Å²) in [5.74, 6) is 0. The molecule has 3 N–H and O–H groups in total. The average molecular weight is 398 g/mol. The summed E-state index contributed by atoms with van der Waals surface area (Å²) >= 11 is 6.51. The Hall–Kier alpha value is -0.110. The van der Waals surface area contributed by atoms with Crippen molar-refractivity contribution in [2.45, 2.75) is 36.6 Å². The molecule has 1 aliphatic rings. The number of benzene rings is 1. The second-order valence-electron chi connectivity index (χ2n) is 4.42. The molecule has 100 valence electrons. The van der Waals surface area contributed by atoms with E-state index in [0.717, 1.165) is 25.7 Å². The van der Waals surface area contributed by atoms with Crippen LogP contribution in [0.5, 0.6) is 0 Å². The van der Waals surface area contributed by atoms with Gasteiger partial charge in [-0.2, -0.15) is 0 Å². The molecule has 0 aliphatic heterocycles. The van der Waals surface area contributed by atoms with E-state index in [4.69, 9.17) is 5.73 Å². The first kappa shape index (κ1) is 14.3. The Labute approximate surface area is 124 Å².